The highest BCUT2D eigenvalue weighted by Gasteiger charge is 2.28. The smallest absolute Gasteiger partial charge is 0.350 e. The van der Waals surface area contributed by atoms with Gasteiger partial charge in [-0.05, 0) is 38.7 Å². The van der Waals surface area contributed by atoms with Crippen LogP contribution < -0.4 is 15.7 Å². The molecule has 1 saturated heterocycles. The molecule has 10 heteroatoms. The number of nitrogens with one attached hydrogen (secondary N) is 1. The van der Waals surface area contributed by atoms with E-state index in [9.17, 15) is 14.4 Å². The third-order valence-electron chi connectivity index (χ3n) is 6.51. The summed E-state index contributed by atoms with van der Waals surface area (Å²) in [6.45, 7) is 5.01. The number of halogens is 1. The molecule has 184 valence electrons. The lowest BCUT2D eigenvalue weighted by Gasteiger charge is -2.29. The topological polar surface area (TPSA) is 98.5 Å². The van der Waals surface area contributed by atoms with Gasteiger partial charge in [0.25, 0.3) is 5.91 Å². The van der Waals surface area contributed by atoms with Crippen molar-refractivity contribution < 1.29 is 18.7 Å². The van der Waals surface area contributed by atoms with Crippen LogP contribution in [0.15, 0.2) is 16.9 Å². The summed E-state index contributed by atoms with van der Waals surface area (Å²) in [6, 6.07) is 2.15. The quantitative estimate of drug-likeness (QED) is 0.666. The highest BCUT2D eigenvalue weighted by Crippen LogP contribution is 2.28. The number of ether oxygens (including phenoxy) is 1. The highest BCUT2D eigenvalue weighted by atomic mass is 19.1. The molecule has 0 radical (unpaired) electrons. The Labute approximate surface area is 197 Å². The van der Waals surface area contributed by atoms with Crippen molar-refractivity contribution in [3.63, 3.8) is 0 Å². The summed E-state index contributed by atoms with van der Waals surface area (Å²) in [7, 11) is 1.73. The molecule has 1 N–H and O–H groups in total. The summed E-state index contributed by atoms with van der Waals surface area (Å²) in [5.74, 6) is -0.479. The average molecular weight is 474 g/mol. The van der Waals surface area contributed by atoms with Gasteiger partial charge in [-0.2, -0.15) is 4.68 Å². The Morgan fingerprint density at radius 2 is 2.09 bits per heavy atom. The Morgan fingerprint density at radius 3 is 2.79 bits per heavy atom. The fraction of sp³-hybridized carbons (Fsp3) is 0.583. The number of hydrogen-bond acceptors (Lipinski definition) is 5. The first-order valence-electron chi connectivity index (χ1n) is 12.0. The molecule has 0 spiro atoms. The summed E-state index contributed by atoms with van der Waals surface area (Å²) in [4.78, 5) is 39.7. The minimum atomic E-state index is -0.738. The molecule has 0 saturated carbocycles. The van der Waals surface area contributed by atoms with Gasteiger partial charge in [0.05, 0.1) is 11.7 Å². The van der Waals surface area contributed by atoms with E-state index in [4.69, 9.17) is 4.74 Å². The molecular formula is C24H32FN5O4. The van der Waals surface area contributed by atoms with Crippen LogP contribution in [0.25, 0.3) is 5.69 Å². The second-order valence-electron chi connectivity index (χ2n) is 9.21. The van der Waals surface area contributed by atoms with E-state index in [1.54, 1.807) is 16.5 Å². The van der Waals surface area contributed by atoms with Crippen LogP contribution in [0.3, 0.4) is 0 Å². The van der Waals surface area contributed by atoms with Gasteiger partial charge in [-0.3, -0.25) is 14.2 Å². The molecule has 2 aromatic rings. The SMILES string of the molecule is CCCC(C)Oc1cc(-n2nc3n(c2=O)CCCC3)c(F)cc1C(=O)NC1CCN(C)C(=O)C1. The van der Waals surface area contributed by atoms with Gasteiger partial charge in [0.1, 0.15) is 23.1 Å². The molecule has 0 bridgehead atoms. The lowest BCUT2D eigenvalue weighted by Crippen LogP contribution is -2.46. The number of likely N-dealkylation sites (tertiary alicyclic amines) is 1. The van der Waals surface area contributed by atoms with Crippen LogP contribution in [0.1, 0.15) is 68.6 Å². The summed E-state index contributed by atoms with van der Waals surface area (Å²) in [5.41, 5.74) is -0.410. The standard InChI is InChI=1S/C24H32FN5O4/c1-4-7-15(2)34-20-14-19(30-24(33)29-10-6-5-8-21(29)27-30)18(25)13-17(20)23(32)26-16-9-11-28(3)22(31)12-16/h13-16H,4-12H2,1-3H3,(H,26,32). The molecule has 3 heterocycles. The monoisotopic (exact) mass is 473 g/mol. The number of hydrogen-bond donors (Lipinski definition) is 1. The third kappa shape index (κ3) is 4.85. The molecule has 9 nitrogen and oxygen atoms in total. The van der Waals surface area contributed by atoms with E-state index < -0.39 is 17.4 Å². The second-order valence-corrected chi connectivity index (χ2v) is 9.21. The van der Waals surface area contributed by atoms with Gasteiger partial charge in [0.15, 0.2) is 0 Å². The average Bonchev–Trinajstić information content (AvgIpc) is 3.13. The van der Waals surface area contributed by atoms with Crippen molar-refractivity contribution in [3.05, 3.63) is 39.8 Å². The summed E-state index contributed by atoms with van der Waals surface area (Å²) in [6.07, 6.45) is 4.69. The van der Waals surface area contributed by atoms with Crippen LogP contribution in [0.2, 0.25) is 0 Å². The normalized spacial score (nSPS) is 19.0. The maximum atomic E-state index is 15.3. The Bertz CT molecular complexity index is 1140. The van der Waals surface area contributed by atoms with E-state index in [1.807, 2.05) is 13.8 Å². The number of benzene rings is 1. The van der Waals surface area contributed by atoms with Gasteiger partial charge in [-0.15, -0.1) is 5.10 Å². The van der Waals surface area contributed by atoms with E-state index in [2.05, 4.69) is 10.4 Å². The van der Waals surface area contributed by atoms with E-state index >= 15 is 4.39 Å². The molecule has 1 fully saturated rings. The Kier molecular flexibility index (Phi) is 7.04. The number of piperidine rings is 1. The van der Waals surface area contributed by atoms with Crippen molar-refractivity contribution in [2.75, 3.05) is 13.6 Å². The Balaban J connectivity index is 1.68. The maximum Gasteiger partial charge on any atom is 0.350 e. The fourth-order valence-corrected chi connectivity index (χ4v) is 4.55. The molecule has 34 heavy (non-hydrogen) atoms. The van der Waals surface area contributed by atoms with Gasteiger partial charge in [-0.1, -0.05) is 13.3 Å². The molecule has 2 aliphatic heterocycles. The lowest BCUT2D eigenvalue weighted by atomic mass is 10.0. The van der Waals surface area contributed by atoms with Gasteiger partial charge < -0.3 is 15.0 Å². The first-order chi connectivity index (χ1) is 16.3. The number of carbonyl (C=O) groups is 2. The molecule has 1 aromatic carbocycles. The summed E-state index contributed by atoms with van der Waals surface area (Å²) < 4.78 is 24.0. The van der Waals surface area contributed by atoms with Gasteiger partial charge in [0.2, 0.25) is 5.91 Å². The predicted octanol–water partition coefficient (Wildman–Crippen LogP) is 2.43. The molecule has 2 unspecified atom stereocenters. The number of aryl methyl sites for hydroxylation is 1. The number of rotatable bonds is 7. The molecule has 1 aromatic heterocycles. The van der Waals surface area contributed by atoms with Crippen molar-refractivity contribution in [3.8, 4) is 11.4 Å². The zero-order valence-electron chi connectivity index (χ0n) is 20.0. The summed E-state index contributed by atoms with van der Waals surface area (Å²) in [5, 5.41) is 7.20. The summed E-state index contributed by atoms with van der Waals surface area (Å²) >= 11 is 0. The maximum absolute atomic E-state index is 15.3. The highest BCUT2D eigenvalue weighted by molar-refractivity contribution is 5.97. The zero-order chi connectivity index (χ0) is 24.4. The van der Waals surface area contributed by atoms with E-state index in [0.29, 0.717) is 31.8 Å². The number of amides is 2. The van der Waals surface area contributed by atoms with Crippen molar-refractivity contribution in [1.82, 2.24) is 24.6 Å². The van der Waals surface area contributed by atoms with Crippen molar-refractivity contribution in [2.45, 2.75) is 77.5 Å². The zero-order valence-corrected chi connectivity index (χ0v) is 20.0. The molecule has 0 aliphatic carbocycles. The molecule has 2 aliphatic rings. The van der Waals surface area contributed by atoms with Crippen LogP contribution >= 0.6 is 0 Å². The largest absolute Gasteiger partial charge is 0.490 e. The minimum Gasteiger partial charge on any atom is -0.490 e. The third-order valence-corrected chi connectivity index (χ3v) is 6.51. The Morgan fingerprint density at radius 1 is 1.29 bits per heavy atom. The lowest BCUT2D eigenvalue weighted by molar-refractivity contribution is -0.132. The van der Waals surface area contributed by atoms with Gasteiger partial charge in [0, 0.05) is 45.1 Å². The molecule has 4 rings (SSSR count). The number of carbonyl (C=O) groups excluding carboxylic acids is 2. The van der Waals surface area contributed by atoms with E-state index in [0.717, 1.165) is 36.4 Å². The molecule has 2 amide bonds. The predicted molar refractivity (Wildman–Crippen MR) is 124 cm³/mol. The van der Waals surface area contributed by atoms with Crippen molar-refractivity contribution in [2.24, 2.45) is 0 Å². The van der Waals surface area contributed by atoms with E-state index in [1.165, 1.54) is 6.07 Å². The fourth-order valence-electron chi connectivity index (χ4n) is 4.55. The van der Waals surface area contributed by atoms with Gasteiger partial charge in [-0.25, -0.2) is 9.18 Å². The van der Waals surface area contributed by atoms with Crippen LogP contribution in [0.5, 0.6) is 5.75 Å². The molecular weight excluding hydrogens is 441 g/mol. The van der Waals surface area contributed by atoms with Crippen LogP contribution in [0, 0.1) is 5.82 Å². The van der Waals surface area contributed by atoms with Gasteiger partial charge >= 0.3 is 5.69 Å². The number of nitrogens with zero attached hydrogens (tertiary/aromatic N) is 4. The first-order valence-corrected chi connectivity index (χ1v) is 12.0. The first kappa shape index (κ1) is 24.0. The van der Waals surface area contributed by atoms with Crippen LogP contribution in [0.4, 0.5) is 4.39 Å². The van der Waals surface area contributed by atoms with Crippen LogP contribution in [-0.2, 0) is 17.8 Å². The van der Waals surface area contributed by atoms with Crippen molar-refractivity contribution in [1.29, 1.82) is 0 Å². The molecule has 2 atom stereocenters. The van der Waals surface area contributed by atoms with Crippen LogP contribution in [-0.4, -0.2) is 56.8 Å². The Hall–Kier alpha value is -3.17. The number of aromatic nitrogens is 3. The van der Waals surface area contributed by atoms with Crippen molar-refractivity contribution >= 4 is 11.8 Å². The minimum absolute atomic E-state index is 0.0348. The second kappa shape index (κ2) is 9.99. The number of fused-ring (bicyclic) bond motifs is 1. The van der Waals surface area contributed by atoms with E-state index in [-0.39, 0.29) is 41.5 Å².